The minimum absolute atomic E-state index is 0.223. The molecule has 3 rings (SSSR count). The molecule has 2 heterocycles. The molecule has 0 atom stereocenters. The molecule has 1 aliphatic heterocycles. The van der Waals surface area contributed by atoms with Crippen LogP contribution >= 0.6 is 15.9 Å². The van der Waals surface area contributed by atoms with Gasteiger partial charge in [0.05, 0.1) is 0 Å². The van der Waals surface area contributed by atoms with E-state index in [1.54, 1.807) is 6.07 Å². The molecule has 1 N–H and O–H groups in total. The van der Waals surface area contributed by atoms with Crippen LogP contribution in [0.2, 0.25) is 0 Å². The molecule has 0 fully saturated rings. The Balaban J connectivity index is 1.80. The zero-order valence-electron chi connectivity index (χ0n) is 11.4. The van der Waals surface area contributed by atoms with Crippen molar-refractivity contribution >= 4 is 27.5 Å². The maximum Gasteiger partial charge on any atom is 0.291 e. The number of aryl methyl sites for hydroxylation is 1. The molecule has 0 bridgehead atoms. The van der Waals surface area contributed by atoms with Crippen LogP contribution in [0.25, 0.3) is 0 Å². The Kier molecular flexibility index (Phi) is 3.40. The first-order valence-electron chi connectivity index (χ1n) is 6.40. The van der Waals surface area contributed by atoms with Crippen molar-refractivity contribution in [1.29, 1.82) is 0 Å². The number of carbonyl (C=O) groups is 1. The van der Waals surface area contributed by atoms with E-state index in [1.165, 1.54) is 11.1 Å². The van der Waals surface area contributed by atoms with Crippen LogP contribution in [-0.4, -0.2) is 17.9 Å². The Labute approximate surface area is 125 Å². The molecule has 0 spiro atoms. The van der Waals surface area contributed by atoms with Crippen molar-refractivity contribution in [2.24, 2.45) is 0 Å². The molecule has 0 saturated heterocycles. The van der Waals surface area contributed by atoms with E-state index in [9.17, 15) is 4.79 Å². The number of amides is 1. The third kappa shape index (κ3) is 2.51. The lowest BCUT2D eigenvalue weighted by Gasteiger charge is -2.06. The summed E-state index contributed by atoms with van der Waals surface area (Å²) < 4.78 is 5.92. The second-order valence-electron chi connectivity index (χ2n) is 5.17. The van der Waals surface area contributed by atoms with E-state index in [-0.39, 0.29) is 5.91 Å². The third-order valence-corrected chi connectivity index (χ3v) is 3.83. The van der Waals surface area contributed by atoms with E-state index >= 15 is 0 Å². The molecule has 1 aliphatic rings. The highest BCUT2D eigenvalue weighted by Crippen LogP contribution is 2.25. The van der Waals surface area contributed by atoms with Gasteiger partial charge in [0, 0.05) is 24.3 Å². The van der Waals surface area contributed by atoms with Crippen molar-refractivity contribution in [3.05, 3.63) is 51.4 Å². The van der Waals surface area contributed by atoms with E-state index in [0.717, 1.165) is 24.3 Å². The second kappa shape index (κ2) is 5.07. The van der Waals surface area contributed by atoms with Crippen molar-refractivity contribution in [2.75, 3.05) is 12.4 Å². The van der Waals surface area contributed by atoms with Crippen molar-refractivity contribution in [3.63, 3.8) is 0 Å². The summed E-state index contributed by atoms with van der Waals surface area (Å²) >= 11 is 3.23. The molecule has 1 amide bonds. The first kappa shape index (κ1) is 13.4. The van der Waals surface area contributed by atoms with E-state index in [1.807, 2.05) is 19.1 Å². The van der Waals surface area contributed by atoms with Gasteiger partial charge >= 0.3 is 0 Å². The fraction of sp³-hybridized carbons (Fsp3) is 0.267. The molecule has 0 saturated carbocycles. The molecule has 1 aromatic carbocycles. The second-order valence-corrected chi connectivity index (χ2v) is 5.95. The van der Waals surface area contributed by atoms with E-state index in [0.29, 0.717) is 10.4 Å². The predicted molar refractivity (Wildman–Crippen MR) is 80.7 cm³/mol. The van der Waals surface area contributed by atoms with Crippen LogP contribution in [0.3, 0.4) is 0 Å². The van der Waals surface area contributed by atoms with Gasteiger partial charge in [-0.1, -0.05) is 6.07 Å². The third-order valence-electron chi connectivity index (χ3n) is 3.44. The average Bonchev–Trinajstić information content (AvgIpc) is 2.90. The molecular weight excluding hydrogens is 320 g/mol. The molecule has 2 aromatic rings. The summed E-state index contributed by atoms with van der Waals surface area (Å²) in [6, 6.07) is 7.82. The van der Waals surface area contributed by atoms with Gasteiger partial charge in [-0.2, -0.15) is 0 Å². The number of hydrogen-bond donors (Lipinski definition) is 1. The number of fused-ring (bicyclic) bond motifs is 1. The largest absolute Gasteiger partial charge is 0.444 e. The van der Waals surface area contributed by atoms with Gasteiger partial charge in [-0.3, -0.25) is 9.69 Å². The highest BCUT2D eigenvalue weighted by molar-refractivity contribution is 9.10. The average molecular weight is 335 g/mol. The number of nitrogens with one attached hydrogen (secondary N) is 1. The normalized spacial score (nSPS) is 14.3. The van der Waals surface area contributed by atoms with Crippen LogP contribution in [0.1, 0.15) is 27.2 Å². The lowest BCUT2D eigenvalue weighted by molar-refractivity contribution is 0.0994. The van der Waals surface area contributed by atoms with Gasteiger partial charge in [0.25, 0.3) is 5.91 Å². The fourth-order valence-electron chi connectivity index (χ4n) is 2.50. The molecule has 4 nitrogen and oxygen atoms in total. The summed E-state index contributed by atoms with van der Waals surface area (Å²) in [6.07, 6.45) is 0. The summed E-state index contributed by atoms with van der Waals surface area (Å²) in [4.78, 5) is 14.4. The quantitative estimate of drug-likeness (QED) is 0.913. The van der Waals surface area contributed by atoms with E-state index < -0.39 is 0 Å². The lowest BCUT2D eigenvalue weighted by atomic mass is 10.1. The molecule has 0 aliphatic carbocycles. The summed E-state index contributed by atoms with van der Waals surface area (Å²) in [6.45, 7) is 3.74. The summed E-state index contributed by atoms with van der Waals surface area (Å²) in [7, 11) is 2.09. The highest BCUT2D eigenvalue weighted by Gasteiger charge is 2.18. The minimum Gasteiger partial charge on any atom is -0.444 e. The monoisotopic (exact) mass is 334 g/mol. The summed E-state index contributed by atoms with van der Waals surface area (Å²) in [5.41, 5.74) is 4.20. The van der Waals surface area contributed by atoms with Gasteiger partial charge in [-0.25, -0.2) is 0 Å². The predicted octanol–water partition coefficient (Wildman–Crippen LogP) is 3.55. The number of benzene rings is 1. The Bertz CT molecular complexity index is 679. The van der Waals surface area contributed by atoms with Crippen LogP contribution in [0.15, 0.2) is 33.4 Å². The molecule has 0 unspecified atom stereocenters. The smallest absolute Gasteiger partial charge is 0.291 e. The Hall–Kier alpha value is -1.59. The van der Waals surface area contributed by atoms with Gasteiger partial charge in [0.1, 0.15) is 0 Å². The van der Waals surface area contributed by atoms with Crippen molar-refractivity contribution in [2.45, 2.75) is 20.0 Å². The number of hydrogen-bond acceptors (Lipinski definition) is 3. The number of anilines is 1. The molecule has 1 aromatic heterocycles. The van der Waals surface area contributed by atoms with E-state index in [2.05, 4.69) is 39.3 Å². The first-order valence-corrected chi connectivity index (χ1v) is 7.20. The van der Waals surface area contributed by atoms with Gasteiger partial charge < -0.3 is 9.73 Å². The molecular formula is C15H15BrN2O2. The first-order chi connectivity index (χ1) is 9.52. The maximum absolute atomic E-state index is 12.2. The van der Waals surface area contributed by atoms with Crippen LogP contribution in [-0.2, 0) is 13.1 Å². The van der Waals surface area contributed by atoms with Gasteiger partial charge in [-0.05, 0) is 59.2 Å². The number of carbonyl (C=O) groups excluding carboxylic acids is 1. The van der Waals surface area contributed by atoms with Crippen LogP contribution < -0.4 is 5.32 Å². The molecule has 104 valence electrons. The zero-order valence-corrected chi connectivity index (χ0v) is 13.0. The Morgan fingerprint density at radius 2 is 2.05 bits per heavy atom. The van der Waals surface area contributed by atoms with Crippen LogP contribution in [0.4, 0.5) is 5.69 Å². The lowest BCUT2D eigenvalue weighted by Crippen LogP contribution is -2.12. The Morgan fingerprint density at radius 3 is 2.75 bits per heavy atom. The zero-order chi connectivity index (χ0) is 14.3. The summed E-state index contributed by atoms with van der Waals surface area (Å²) in [5, 5.41) is 2.88. The summed E-state index contributed by atoms with van der Waals surface area (Å²) in [5.74, 6) is 0.119. The number of rotatable bonds is 2. The number of halogens is 1. The van der Waals surface area contributed by atoms with E-state index in [4.69, 9.17) is 4.42 Å². The standard InChI is InChI=1S/C15H15BrN2O2/c1-9-5-13(16)20-14(9)15(19)17-12-4-3-10-7-18(2)8-11(10)6-12/h3-6H,7-8H2,1-2H3,(H,17,19). The Morgan fingerprint density at radius 1 is 1.30 bits per heavy atom. The number of furan rings is 1. The van der Waals surface area contributed by atoms with Gasteiger partial charge in [0.2, 0.25) is 0 Å². The van der Waals surface area contributed by atoms with Crippen LogP contribution in [0, 0.1) is 6.92 Å². The number of nitrogens with zero attached hydrogens (tertiary/aromatic N) is 1. The van der Waals surface area contributed by atoms with Crippen LogP contribution in [0.5, 0.6) is 0 Å². The maximum atomic E-state index is 12.2. The molecule has 20 heavy (non-hydrogen) atoms. The highest BCUT2D eigenvalue weighted by atomic mass is 79.9. The van der Waals surface area contributed by atoms with Gasteiger partial charge in [-0.15, -0.1) is 0 Å². The van der Waals surface area contributed by atoms with Gasteiger partial charge in [0.15, 0.2) is 10.4 Å². The van der Waals surface area contributed by atoms with Crippen molar-refractivity contribution in [1.82, 2.24) is 4.90 Å². The van der Waals surface area contributed by atoms with Crippen molar-refractivity contribution in [3.8, 4) is 0 Å². The topological polar surface area (TPSA) is 45.5 Å². The molecule has 5 heteroatoms. The molecule has 0 radical (unpaired) electrons. The SMILES string of the molecule is Cc1cc(Br)oc1C(=O)Nc1ccc2c(c1)CN(C)C2. The van der Waals surface area contributed by atoms with Crippen molar-refractivity contribution < 1.29 is 9.21 Å². The fourth-order valence-corrected chi connectivity index (χ4v) is 3.00. The minimum atomic E-state index is -0.223.